The number of benzene rings is 1. The Kier molecular flexibility index (Phi) is 2.32. The summed E-state index contributed by atoms with van der Waals surface area (Å²) in [5, 5.41) is 17.7. The third-order valence-electron chi connectivity index (χ3n) is 1.18. The summed E-state index contributed by atoms with van der Waals surface area (Å²) < 4.78 is 0. The largest absolute Gasteiger partial charge is 0.489 e. The first-order valence-corrected chi connectivity index (χ1v) is 3.20. The molecule has 0 amide bonds. The summed E-state index contributed by atoms with van der Waals surface area (Å²) in [5.74, 6) is 0. The van der Waals surface area contributed by atoms with Crippen molar-refractivity contribution in [2.24, 2.45) is 0 Å². The Balaban J connectivity index is 0. The van der Waals surface area contributed by atoms with E-state index in [0.29, 0.717) is 10.5 Å². The summed E-state index contributed by atoms with van der Waals surface area (Å²) >= 11 is 5.60. The van der Waals surface area contributed by atoms with Crippen molar-refractivity contribution in [2.75, 3.05) is 0 Å². The maximum Gasteiger partial charge on any atom is 0.489 e. The van der Waals surface area contributed by atoms with Gasteiger partial charge in [0.05, 0.1) is 0 Å². The first-order chi connectivity index (χ1) is 4.72. The molecular weight excluding hydrogens is 150 g/mol. The molecule has 0 aliphatic heterocycles. The highest BCUT2D eigenvalue weighted by Gasteiger charge is 2.12. The molecule has 2 N–H and O–H groups in total. The monoisotopic (exact) mass is 160 g/mol. The van der Waals surface area contributed by atoms with E-state index in [9.17, 15) is 0 Å². The smallest absolute Gasteiger partial charge is 0.423 e. The Morgan fingerprint density at radius 2 is 1.90 bits per heavy atom. The molecule has 0 radical (unpaired) electrons. The SMILES string of the molecule is OB(O)c1ccccc1Cl.[HH].[HH]. The van der Waals surface area contributed by atoms with Crippen molar-refractivity contribution in [2.45, 2.75) is 0 Å². The van der Waals surface area contributed by atoms with E-state index in [-0.39, 0.29) is 2.85 Å². The molecule has 0 heterocycles. The molecule has 1 rings (SSSR count). The van der Waals surface area contributed by atoms with Gasteiger partial charge in [0.1, 0.15) is 0 Å². The number of hydrogen-bond acceptors (Lipinski definition) is 2. The average Bonchev–Trinajstić information content (AvgIpc) is 1.88. The van der Waals surface area contributed by atoms with Crippen LogP contribution in [0.3, 0.4) is 0 Å². The highest BCUT2D eigenvalue weighted by atomic mass is 35.5. The maximum absolute atomic E-state index is 8.68. The van der Waals surface area contributed by atoms with Crippen molar-refractivity contribution in [1.29, 1.82) is 0 Å². The van der Waals surface area contributed by atoms with Gasteiger partial charge in [0, 0.05) is 13.3 Å². The molecule has 0 aliphatic rings. The fourth-order valence-electron chi connectivity index (χ4n) is 0.684. The van der Waals surface area contributed by atoms with Gasteiger partial charge in [0.15, 0.2) is 0 Å². The molecule has 0 unspecified atom stereocenters. The van der Waals surface area contributed by atoms with Gasteiger partial charge in [-0.05, 0) is 6.07 Å². The second-order valence-electron chi connectivity index (χ2n) is 1.90. The lowest BCUT2D eigenvalue weighted by atomic mass is 9.80. The van der Waals surface area contributed by atoms with Crippen LogP contribution in [0.2, 0.25) is 5.02 Å². The number of rotatable bonds is 1. The van der Waals surface area contributed by atoms with Crippen LogP contribution in [-0.4, -0.2) is 17.2 Å². The van der Waals surface area contributed by atoms with Gasteiger partial charge in [-0.1, -0.05) is 29.8 Å². The summed E-state index contributed by atoms with van der Waals surface area (Å²) in [6.45, 7) is 0. The standard InChI is InChI=1S/C6H6BClO2.2H2/c8-6-4-2-1-3-5(6)7(9)10;;/h1-4,9-10H;2*1H. The molecule has 1 aromatic carbocycles. The van der Waals surface area contributed by atoms with Crippen molar-refractivity contribution < 1.29 is 12.9 Å². The molecule has 0 bridgehead atoms. The van der Waals surface area contributed by atoms with E-state index in [1.807, 2.05) is 0 Å². The van der Waals surface area contributed by atoms with Crippen molar-refractivity contribution in [3.05, 3.63) is 29.3 Å². The molecule has 0 spiro atoms. The lowest BCUT2D eigenvalue weighted by molar-refractivity contribution is 0.426. The van der Waals surface area contributed by atoms with E-state index < -0.39 is 7.12 Å². The van der Waals surface area contributed by atoms with Crippen LogP contribution >= 0.6 is 11.6 Å². The van der Waals surface area contributed by atoms with Gasteiger partial charge < -0.3 is 10.0 Å². The Morgan fingerprint density at radius 1 is 1.30 bits per heavy atom. The lowest BCUT2D eigenvalue weighted by Gasteiger charge is -1.99. The molecular formula is C6H10BClO2. The predicted molar refractivity (Wildman–Crippen MR) is 45.5 cm³/mol. The van der Waals surface area contributed by atoms with Gasteiger partial charge in [-0.2, -0.15) is 0 Å². The lowest BCUT2D eigenvalue weighted by Crippen LogP contribution is -2.30. The Labute approximate surface area is 67.2 Å². The summed E-state index contributed by atoms with van der Waals surface area (Å²) in [5.41, 5.74) is 0.337. The van der Waals surface area contributed by atoms with Crippen LogP contribution in [0.4, 0.5) is 0 Å². The van der Waals surface area contributed by atoms with E-state index in [1.165, 1.54) is 0 Å². The fourth-order valence-corrected chi connectivity index (χ4v) is 0.918. The molecule has 0 atom stereocenters. The van der Waals surface area contributed by atoms with Crippen LogP contribution in [0, 0.1) is 0 Å². The van der Waals surface area contributed by atoms with Crippen LogP contribution in [0.5, 0.6) is 0 Å². The molecule has 4 heteroatoms. The first-order valence-electron chi connectivity index (χ1n) is 2.82. The highest BCUT2D eigenvalue weighted by Crippen LogP contribution is 2.02. The van der Waals surface area contributed by atoms with E-state index in [1.54, 1.807) is 24.3 Å². The third kappa shape index (κ3) is 1.50. The van der Waals surface area contributed by atoms with Gasteiger partial charge >= 0.3 is 7.12 Å². The third-order valence-corrected chi connectivity index (χ3v) is 1.53. The molecule has 56 valence electrons. The van der Waals surface area contributed by atoms with E-state index >= 15 is 0 Å². The minimum atomic E-state index is -1.48. The number of hydrogen-bond donors (Lipinski definition) is 2. The summed E-state index contributed by atoms with van der Waals surface area (Å²) in [4.78, 5) is 0. The Hall–Kier alpha value is -0.505. The van der Waals surface area contributed by atoms with Crippen molar-refractivity contribution >= 4 is 24.2 Å². The van der Waals surface area contributed by atoms with Crippen molar-refractivity contribution in [3.8, 4) is 0 Å². The number of halogens is 1. The second kappa shape index (κ2) is 3.06. The quantitative estimate of drug-likeness (QED) is 0.588. The summed E-state index contributed by atoms with van der Waals surface area (Å²) in [6.07, 6.45) is 0. The topological polar surface area (TPSA) is 40.5 Å². The van der Waals surface area contributed by atoms with Crippen LogP contribution in [-0.2, 0) is 0 Å². The zero-order chi connectivity index (χ0) is 7.56. The second-order valence-corrected chi connectivity index (χ2v) is 2.30. The van der Waals surface area contributed by atoms with Gasteiger partial charge in [-0.25, -0.2) is 0 Å². The zero-order valence-corrected chi connectivity index (χ0v) is 5.92. The minimum Gasteiger partial charge on any atom is -0.423 e. The molecule has 0 fully saturated rings. The van der Waals surface area contributed by atoms with Crippen molar-refractivity contribution in [1.82, 2.24) is 0 Å². The molecule has 10 heavy (non-hydrogen) atoms. The molecule has 1 aromatic rings. The highest BCUT2D eigenvalue weighted by molar-refractivity contribution is 6.62. The summed E-state index contributed by atoms with van der Waals surface area (Å²) in [7, 11) is -1.48. The molecule has 0 aromatic heterocycles. The fraction of sp³-hybridized carbons (Fsp3) is 0. The van der Waals surface area contributed by atoms with Crippen LogP contribution in [0.15, 0.2) is 24.3 Å². The minimum absolute atomic E-state index is 0. The molecule has 0 aliphatic carbocycles. The van der Waals surface area contributed by atoms with Crippen molar-refractivity contribution in [3.63, 3.8) is 0 Å². The van der Waals surface area contributed by atoms with Crippen LogP contribution in [0.1, 0.15) is 2.85 Å². The van der Waals surface area contributed by atoms with Crippen LogP contribution < -0.4 is 5.46 Å². The predicted octanol–water partition coefficient (Wildman–Crippen LogP) is 0.512. The first kappa shape index (κ1) is 7.60. The molecule has 0 saturated carbocycles. The molecule has 0 saturated heterocycles. The molecule has 2 nitrogen and oxygen atoms in total. The maximum atomic E-state index is 8.68. The van der Waals surface area contributed by atoms with E-state index in [0.717, 1.165) is 0 Å². The average molecular weight is 160 g/mol. The van der Waals surface area contributed by atoms with Gasteiger partial charge in [0.25, 0.3) is 0 Å². The Morgan fingerprint density at radius 3 is 2.30 bits per heavy atom. The van der Waals surface area contributed by atoms with Gasteiger partial charge in [0.2, 0.25) is 0 Å². The Bertz CT molecular complexity index is 235. The van der Waals surface area contributed by atoms with Gasteiger partial charge in [-0.3, -0.25) is 0 Å². The zero-order valence-electron chi connectivity index (χ0n) is 5.16. The summed E-state index contributed by atoms with van der Waals surface area (Å²) in [6, 6.07) is 6.60. The van der Waals surface area contributed by atoms with E-state index in [2.05, 4.69) is 0 Å². The van der Waals surface area contributed by atoms with E-state index in [4.69, 9.17) is 21.6 Å². The van der Waals surface area contributed by atoms with Crippen LogP contribution in [0.25, 0.3) is 0 Å². The van der Waals surface area contributed by atoms with Gasteiger partial charge in [-0.15, -0.1) is 0 Å². The normalized spacial score (nSPS) is 9.50.